The molecule has 3 rings (SSSR count). The molecule has 0 bridgehead atoms. The summed E-state index contributed by atoms with van der Waals surface area (Å²) >= 11 is 6.05. The second kappa shape index (κ2) is 7.92. The van der Waals surface area contributed by atoms with Gasteiger partial charge in [-0.15, -0.1) is 0 Å². The summed E-state index contributed by atoms with van der Waals surface area (Å²) in [5.41, 5.74) is 2.24. The lowest BCUT2D eigenvalue weighted by Gasteiger charge is -2.24. The molecule has 4 heteroatoms. The third-order valence-electron chi connectivity index (χ3n) is 4.83. The molecule has 1 aliphatic rings. The lowest BCUT2D eigenvalue weighted by molar-refractivity contribution is -0.122. The molecule has 1 fully saturated rings. The van der Waals surface area contributed by atoms with Crippen molar-refractivity contribution in [2.75, 3.05) is 11.9 Å². The van der Waals surface area contributed by atoms with Gasteiger partial charge in [-0.1, -0.05) is 55.8 Å². The first-order chi connectivity index (χ1) is 12.0. The van der Waals surface area contributed by atoms with Crippen LogP contribution in [-0.4, -0.2) is 18.5 Å². The smallest absolute Gasteiger partial charge is 0.223 e. The van der Waals surface area contributed by atoms with E-state index in [9.17, 15) is 4.79 Å². The van der Waals surface area contributed by atoms with E-state index in [1.807, 2.05) is 48.5 Å². The summed E-state index contributed by atoms with van der Waals surface area (Å²) < 4.78 is 0. The number of para-hydroxylation sites is 1. The molecule has 2 aromatic carbocycles. The van der Waals surface area contributed by atoms with Crippen molar-refractivity contribution in [3.63, 3.8) is 0 Å². The largest absolute Gasteiger partial charge is 0.380 e. The first kappa shape index (κ1) is 17.8. The molecule has 2 aromatic rings. The fourth-order valence-electron chi connectivity index (χ4n) is 3.13. The molecule has 0 aliphatic heterocycles. The molecule has 0 spiro atoms. The summed E-state index contributed by atoms with van der Waals surface area (Å²) in [6, 6.07) is 18.2. The average Bonchev–Trinajstić information content (AvgIpc) is 3.40. The minimum Gasteiger partial charge on any atom is -0.380 e. The molecular weight excluding hydrogens is 332 g/mol. The predicted molar refractivity (Wildman–Crippen MR) is 104 cm³/mol. The number of halogens is 1. The Morgan fingerprint density at radius 1 is 1.16 bits per heavy atom. The quantitative estimate of drug-likeness (QED) is 0.755. The highest BCUT2D eigenvalue weighted by Crippen LogP contribution is 2.47. The lowest BCUT2D eigenvalue weighted by atomic mass is 10.0. The van der Waals surface area contributed by atoms with Crippen LogP contribution in [0.15, 0.2) is 54.6 Å². The van der Waals surface area contributed by atoms with E-state index in [2.05, 4.69) is 30.5 Å². The van der Waals surface area contributed by atoms with E-state index in [4.69, 9.17) is 11.6 Å². The highest BCUT2D eigenvalue weighted by molar-refractivity contribution is 6.30. The van der Waals surface area contributed by atoms with Crippen LogP contribution in [0.5, 0.6) is 0 Å². The summed E-state index contributed by atoms with van der Waals surface area (Å²) in [6.45, 7) is 4.96. The van der Waals surface area contributed by atoms with Crippen molar-refractivity contribution in [2.24, 2.45) is 11.8 Å². The molecule has 3 atom stereocenters. The molecule has 25 heavy (non-hydrogen) atoms. The monoisotopic (exact) mass is 356 g/mol. The van der Waals surface area contributed by atoms with E-state index in [0.29, 0.717) is 18.4 Å². The molecule has 1 saturated carbocycles. The van der Waals surface area contributed by atoms with E-state index in [1.165, 1.54) is 0 Å². The Bertz CT molecular complexity index is 717. The van der Waals surface area contributed by atoms with Gasteiger partial charge in [0.15, 0.2) is 0 Å². The zero-order valence-electron chi connectivity index (χ0n) is 14.7. The number of benzene rings is 2. The Morgan fingerprint density at radius 2 is 1.92 bits per heavy atom. The van der Waals surface area contributed by atoms with Crippen LogP contribution in [-0.2, 0) is 4.79 Å². The number of rotatable bonds is 7. The summed E-state index contributed by atoms with van der Waals surface area (Å²) in [5.74, 6) is 0.940. The lowest BCUT2D eigenvalue weighted by Crippen LogP contribution is -2.40. The Kier molecular flexibility index (Phi) is 5.64. The van der Waals surface area contributed by atoms with Gasteiger partial charge in [0.2, 0.25) is 5.91 Å². The van der Waals surface area contributed by atoms with Gasteiger partial charge in [-0.05, 0) is 48.1 Å². The van der Waals surface area contributed by atoms with Gasteiger partial charge in [0.05, 0.1) is 0 Å². The van der Waals surface area contributed by atoms with Crippen molar-refractivity contribution >= 4 is 23.2 Å². The number of hydrogen-bond acceptors (Lipinski definition) is 2. The summed E-state index contributed by atoms with van der Waals surface area (Å²) in [4.78, 5) is 12.5. The number of anilines is 1. The van der Waals surface area contributed by atoms with Gasteiger partial charge in [-0.25, -0.2) is 0 Å². The minimum absolute atomic E-state index is 0.0722. The van der Waals surface area contributed by atoms with Crippen molar-refractivity contribution in [3.05, 3.63) is 65.2 Å². The zero-order chi connectivity index (χ0) is 17.8. The molecule has 0 aromatic heterocycles. The highest BCUT2D eigenvalue weighted by atomic mass is 35.5. The second-order valence-electron chi connectivity index (χ2n) is 7.11. The van der Waals surface area contributed by atoms with Crippen molar-refractivity contribution in [1.82, 2.24) is 5.32 Å². The van der Waals surface area contributed by atoms with Gasteiger partial charge in [-0.3, -0.25) is 4.79 Å². The molecule has 0 heterocycles. The van der Waals surface area contributed by atoms with Crippen molar-refractivity contribution in [1.29, 1.82) is 0 Å². The van der Waals surface area contributed by atoms with Gasteiger partial charge in [0.25, 0.3) is 0 Å². The van der Waals surface area contributed by atoms with Crippen LogP contribution in [0.4, 0.5) is 5.69 Å². The minimum atomic E-state index is 0.0722. The van der Waals surface area contributed by atoms with Gasteiger partial charge >= 0.3 is 0 Å². The summed E-state index contributed by atoms with van der Waals surface area (Å²) in [6.07, 6.45) is 0.907. The second-order valence-corrected chi connectivity index (χ2v) is 7.55. The Morgan fingerprint density at radius 3 is 2.60 bits per heavy atom. The van der Waals surface area contributed by atoms with Crippen LogP contribution >= 0.6 is 11.6 Å². The van der Waals surface area contributed by atoms with Crippen molar-refractivity contribution in [2.45, 2.75) is 32.2 Å². The molecular formula is C21H25ClN2O. The van der Waals surface area contributed by atoms with E-state index in [1.54, 1.807) is 0 Å². The number of nitrogens with one attached hydrogen (secondary N) is 2. The van der Waals surface area contributed by atoms with Crippen LogP contribution in [0, 0.1) is 11.8 Å². The molecule has 1 aliphatic carbocycles. The van der Waals surface area contributed by atoms with Gasteiger partial charge in [0, 0.05) is 29.2 Å². The van der Waals surface area contributed by atoms with Crippen LogP contribution in [0.2, 0.25) is 5.02 Å². The molecule has 132 valence electrons. The number of hydrogen-bond donors (Lipinski definition) is 2. The summed E-state index contributed by atoms with van der Waals surface area (Å²) in [5, 5.41) is 7.37. The first-order valence-electron chi connectivity index (χ1n) is 8.89. The summed E-state index contributed by atoms with van der Waals surface area (Å²) in [7, 11) is 0. The molecule has 0 saturated heterocycles. The van der Waals surface area contributed by atoms with Gasteiger partial charge in [0.1, 0.15) is 0 Å². The Hall–Kier alpha value is -2.00. The average molecular weight is 357 g/mol. The number of carbonyl (C=O) groups excluding carboxylic acids is 1. The standard InChI is InChI=1S/C21H25ClN2O/c1-14(2)20(24-17-9-4-3-5-10-17)13-23-21(25)19-12-18(19)15-7-6-8-16(22)11-15/h3-11,14,18-20,24H,12-13H2,1-2H3,(H,23,25). The van der Waals surface area contributed by atoms with Crippen LogP contribution in [0.25, 0.3) is 0 Å². The van der Waals surface area contributed by atoms with Crippen LogP contribution in [0.1, 0.15) is 31.7 Å². The fourth-order valence-corrected chi connectivity index (χ4v) is 3.33. The topological polar surface area (TPSA) is 41.1 Å². The number of amides is 1. The maximum atomic E-state index is 12.5. The van der Waals surface area contributed by atoms with E-state index < -0.39 is 0 Å². The van der Waals surface area contributed by atoms with Gasteiger partial charge in [-0.2, -0.15) is 0 Å². The van der Waals surface area contributed by atoms with E-state index >= 15 is 0 Å². The van der Waals surface area contributed by atoms with E-state index in [-0.39, 0.29) is 17.9 Å². The maximum Gasteiger partial charge on any atom is 0.223 e. The molecule has 2 N–H and O–H groups in total. The number of carbonyl (C=O) groups is 1. The molecule has 3 nitrogen and oxygen atoms in total. The third kappa shape index (κ3) is 4.76. The third-order valence-corrected chi connectivity index (χ3v) is 5.07. The Balaban J connectivity index is 1.52. The molecule has 1 amide bonds. The molecule has 3 unspecified atom stereocenters. The van der Waals surface area contributed by atoms with Crippen LogP contribution < -0.4 is 10.6 Å². The Labute approximate surface area is 154 Å². The van der Waals surface area contributed by atoms with Crippen molar-refractivity contribution in [3.8, 4) is 0 Å². The van der Waals surface area contributed by atoms with Crippen molar-refractivity contribution < 1.29 is 4.79 Å². The molecule has 0 radical (unpaired) electrons. The zero-order valence-corrected chi connectivity index (χ0v) is 15.5. The predicted octanol–water partition coefficient (Wildman–Crippen LogP) is 4.70. The highest BCUT2D eigenvalue weighted by Gasteiger charge is 2.43. The van der Waals surface area contributed by atoms with Gasteiger partial charge < -0.3 is 10.6 Å². The SMILES string of the molecule is CC(C)C(CNC(=O)C1CC1c1cccc(Cl)c1)Nc1ccccc1. The normalized spacial score (nSPS) is 20.2. The fraction of sp³-hybridized carbons (Fsp3) is 0.381. The first-order valence-corrected chi connectivity index (χ1v) is 9.27. The maximum absolute atomic E-state index is 12.5. The van der Waals surface area contributed by atoms with E-state index in [0.717, 1.165) is 22.7 Å². The van der Waals surface area contributed by atoms with Crippen LogP contribution in [0.3, 0.4) is 0 Å².